The molecule has 0 saturated carbocycles. The van der Waals surface area contributed by atoms with Crippen LogP contribution in [0.5, 0.6) is 0 Å². The van der Waals surface area contributed by atoms with E-state index in [0.717, 1.165) is 37.1 Å². The smallest absolute Gasteiger partial charge is 0.238 e. The zero-order valence-corrected chi connectivity index (χ0v) is 17.9. The maximum Gasteiger partial charge on any atom is 0.238 e. The summed E-state index contributed by atoms with van der Waals surface area (Å²) in [7, 11) is 0. The maximum atomic E-state index is 12.3. The van der Waals surface area contributed by atoms with Gasteiger partial charge < -0.3 is 21.0 Å². The SMILES string of the molecule is [NH-]C(=O)C1(O)Cc2ccc(NC(=O)CN3CCCCCCC3)cc2C1.[Y]. The molecule has 1 aromatic carbocycles. The van der Waals surface area contributed by atoms with Crippen molar-refractivity contribution < 1.29 is 47.4 Å². The number of hydrogen-bond donors (Lipinski definition) is 2. The van der Waals surface area contributed by atoms with E-state index in [1.807, 2.05) is 12.1 Å². The Morgan fingerprint density at radius 1 is 1.08 bits per heavy atom. The van der Waals surface area contributed by atoms with Gasteiger partial charge in [0.2, 0.25) is 5.91 Å². The monoisotopic (exact) mass is 433 g/mol. The van der Waals surface area contributed by atoms with Gasteiger partial charge in [-0.05, 0) is 49.2 Å². The number of nitrogens with one attached hydrogen (secondary N) is 2. The third-order valence-electron chi connectivity index (χ3n) is 5.19. The van der Waals surface area contributed by atoms with Gasteiger partial charge in [-0.1, -0.05) is 25.3 Å². The average molecular weight is 433 g/mol. The van der Waals surface area contributed by atoms with Crippen LogP contribution >= 0.6 is 0 Å². The van der Waals surface area contributed by atoms with Crippen LogP contribution in [-0.2, 0) is 55.1 Å². The number of amides is 2. The largest absolute Gasteiger partial charge is 0.665 e. The number of aliphatic hydroxyl groups is 1. The molecule has 1 aliphatic carbocycles. The van der Waals surface area contributed by atoms with Gasteiger partial charge in [0, 0.05) is 51.2 Å². The molecule has 0 spiro atoms. The Balaban J connectivity index is 0.00000243. The van der Waals surface area contributed by atoms with Gasteiger partial charge in [-0.3, -0.25) is 9.69 Å². The van der Waals surface area contributed by atoms with E-state index in [9.17, 15) is 14.7 Å². The number of rotatable bonds is 4. The van der Waals surface area contributed by atoms with Gasteiger partial charge >= 0.3 is 0 Å². The van der Waals surface area contributed by atoms with Gasteiger partial charge in [-0.15, -0.1) is 0 Å². The van der Waals surface area contributed by atoms with Crippen LogP contribution in [0, 0.1) is 0 Å². The molecule has 1 radical (unpaired) electrons. The van der Waals surface area contributed by atoms with Gasteiger partial charge in [0.15, 0.2) is 0 Å². The Bertz CT molecular complexity index is 659. The fourth-order valence-corrected chi connectivity index (χ4v) is 3.77. The molecule has 1 aromatic rings. The second kappa shape index (κ2) is 9.40. The Kier molecular flexibility index (Phi) is 7.77. The van der Waals surface area contributed by atoms with Crippen LogP contribution in [0.3, 0.4) is 0 Å². The van der Waals surface area contributed by atoms with Crippen LogP contribution in [0.25, 0.3) is 5.73 Å². The molecular formula is C19H26N3O3Y-. The fourth-order valence-electron chi connectivity index (χ4n) is 3.77. The third-order valence-corrected chi connectivity index (χ3v) is 5.19. The van der Waals surface area contributed by atoms with E-state index in [1.165, 1.54) is 19.3 Å². The van der Waals surface area contributed by atoms with Crippen molar-refractivity contribution in [3.8, 4) is 0 Å². The topological polar surface area (TPSA) is 93.4 Å². The van der Waals surface area contributed by atoms with E-state index in [2.05, 4.69) is 10.2 Å². The summed E-state index contributed by atoms with van der Waals surface area (Å²) in [5, 5.41) is 13.1. The maximum absolute atomic E-state index is 12.3. The minimum absolute atomic E-state index is 0. The molecule has 1 heterocycles. The number of carbonyl (C=O) groups excluding carboxylic acids is 2. The number of anilines is 1. The first-order valence-electron chi connectivity index (χ1n) is 9.09. The molecule has 2 aliphatic rings. The summed E-state index contributed by atoms with van der Waals surface area (Å²) in [6.07, 6.45) is 6.37. The summed E-state index contributed by atoms with van der Waals surface area (Å²) >= 11 is 0. The molecule has 139 valence electrons. The number of benzene rings is 1. The van der Waals surface area contributed by atoms with Crippen molar-refractivity contribution in [2.24, 2.45) is 0 Å². The van der Waals surface area contributed by atoms with E-state index >= 15 is 0 Å². The number of nitrogens with zero attached hydrogens (tertiary/aromatic N) is 1. The Morgan fingerprint density at radius 3 is 2.35 bits per heavy atom. The second-order valence-corrected chi connectivity index (χ2v) is 7.29. The summed E-state index contributed by atoms with van der Waals surface area (Å²) in [6, 6.07) is 5.42. The molecule has 1 fully saturated rings. The molecule has 0 bridgehead atoms. The quantitative estimate of drug-likeness (QED) is 0.762. The molecular weight excluding hydrogens is 407 g/mol. The summed E-state index contributed by atoms with van der Waals surface area (Å²) in [5.41, 5.74) is 7.98. The van der Waals surface area contributed by atoms with Crippen molar-refractivity contribution in [2.75, 3.05) is 25.0 Å². The Labute approximate surface area is 179 Å². The first-order valence-corrected chi connectivity index (χ1v) is 9.09. The first-order chi connectivity index (χ1) is 12.0. The molecule has 1 saturated heterocycles. The first kappa shape index (κ1) is 21.5. The zero-order valence-electron chi connectivity index (χ0n) is 15.1. The van der Waals surface area contributed by atoms with Crippen molar-refractivity contribution in [2.45, 2.75) is 50.5 Å². The molecule has 2 amide bonds. The summed E-state index contributed by atoms with van der Waals surface area (Å²) in [4.78, 5) is 25.9. The fraction of sp³-hybridized carbons (Fsp3) is 0.579. The number of carbonyl (C=O) groups is 2. The normalized spacial score (nSPS) is 23.3. The number of hydrogen-bond acceptors (Lipinski definition) is 4. The van der Waals surface area contributed by atoms with Crippen molar-refractivity contribution in [1.29, 1.82) is 0 Å². The predicted molar refractivity (Wildman–Crippen MR) is 96.3 cm³/mol. The Hall–Kier alpha value is -0.816. The van der Waals surface area contributed by atoms with E-state index in [0.29, 0.717) is 12.2 Å². The average Bonchev–Trinajstić information content (AvgIpc) is 2.87. The summed E-state index contributed by atoms with van der Waals surface area (Å²) < 4.78 is 0. The molecule has 3 N–H and O–H groups in total. The van der Waals surface area contributed by atoms with Crippen LogP contribution in [-0.4, -0.2) is 47.1 Å². The molecule has 26 heavy (non-hydrogen) atoms. The van der Waals surface area contributed by atoms with Crippen LogP contribution < -0.4 is 5.32 Å². The zero-order chi connectivity index (χ0) is 17.9. The number of likely N-dealkylation sites (tertiary alicyclic amines) is 1. The van der Waals surface area contributed by atoms with E-state index in [1.54, 1.807) is 6.07 Å². The van der Waals surface area contributed by atoms with Crippen LogP contribution in [0.15, 0.2) is 18.2 Å². The molecule has 3 rings (SSSR count). The Morgan fingerprint density at radius 2 is 1.69 bits per heavy atom. The second-order valence-electron chi connectivity index (χ2n) is 7.29. The molecule has 1 unspecified atom stereocenters. The van der Waals surface area contributed by atoms with E-state index in [4.69, 9.17) is 5.73 Å². The van der Waals surface area contributed by atoms with Gasteiger partial charge in [0.1, 0.15) is 5.60 Å². The van der Waals surface area contributed by atoms with Gasteiger partial charge in [-0.2, -0.15) is 0 Å². The molecule has 1 atom stereocenters. The van der Waals surface area contributed by atoms with Crippen molar-refractivity contribution in [3.05, 3.63) is 35.1 Å². The summed E-state index contributed by atoms with van der Waals surface area (Å²) in [5.74, 6) is -0.989. The summed E-state index contributed by atoms with van der Waals surface area (Å²) in [6.45, 7) is 2.33. The van der Waals surface area contributed by atoms with Crippen LogP contribution in [0.2, 0.25) is 0 Å². The van der Waals surface area contributed by atoms with Crippen molar-refractivity contribution in [3.63, 3.8) is 0 Å². The van der Waals surface area contributed by atoms with Crippen LogP contribution in [0.4, 0.5) is 5.69 Å². The molecule has 6 nitrogen and oxygen atoms in total. The van der Waals surface area contributed by atoms with Crippen molar-refractivity contribution >= 4 is 17.5 Å². The minimum atomic E-state index is -1.62. The third kappa shape index (κ3) is 5.35. The molecule has 0 aromatic heterocycles. The minimum Gasteiger partial charge on any atom is -0.665 e. The molecule has 7 heteroatoms. The number of fused-ring (bicyclic) bond motifs is 1. The van der Waals surface area contributed by atoms with Crippen molar-refractivity contribution in [1.82, 2.24) is 4.90 Å². The standard InChI is InChI=1S/C19H27N3O3.Y/c20-18(24)19(25)11-14-6-7-16(10-15(14)12-19)21-17(23)13-22-8-4-2-1-3-5-9-22;/h6-7,10,25H,1-5,8-9,11-13H2,(H3,20,21,23,24);/p-1. The predicted octanol–water partition coefficient (Wildman–Crippen LogP) is 2.30. The van der Waals surface area contributed by atoms with E-state index < -0.39 is 11.5 Å². The molecule has 1 aliphatic heterocycles. The van der Waals surface area contributed by atoms with E-state index in [-0.39, 0.29) is 51.5 Å². The van der Waals surface area contributed by atoms with Crippen LogP contribution in [0.1, 0.15) is 43.2 Å². The van der Waals surface area contributed by atoms with Gasteiger partial charge in [0.25, 0.3) is 0 Å². The van der Waals surface area contributed by atoms with Gasteiger partial charge in [0.05, 0.1) is 12.5 Å². The van der Waals surface area contributed by atoms with Gasteiger partial charge in [-0.25, -0.2) is 0 Å².